The summed E-state index contributed by atoms with van der Waals surface area (Å²) in [5.41, 5.74) is 4.58. The van der Waals surface area contributed by atoms with Crippen molar-refractivity contribution in [3.8, 4) is 0 Å². The molecule has 0 bridgehead atoms. The molecule has 5 nitrogen and oxygen atoms in total. The Balaban J connectivity index is 1.50. The Bertz CT molecular complexity index is 752. The van der Waals surface area contributed by atoms with Crippen LogP contribution in [0.3, 0.4) is 0 Å². The van der Waals surface area contributed by atoms with Gasteiger partial charge in [0.1, 0.15) is 0 Å². The number of β-amino-alcohol motifs (C(OH)–C–C–N with tert-alkyl or cyclic N) is 1. The molecule has 0 spiro atoms. The van der Waals surface area contributed by atoms with E-state index >= 15 is 0 Å². The minimum atomic E-state index is -0.496. The van der Waals surface area contributed by atoms with E-state index in [1.54, 1.807) is 0 Å². The standard InChI is InChI=1S/C22H29N3O2/c1-17-5-3-4-6-21(17)25-13-11-24(12-14-25)16-22(27)20-9-7-19(8-10-20)15-23-18(2)26/h3-10,22,27H,11-16H2,1-2H3,(H,23,26). The number of rotatable bonds is 6. The van der Waals surface area contributed by atoms with Crippen molar-refractivity contribution >= 4 is 11.6 Å². The Morgan fingerprint density at radius 2 is 1.74 bits per heavy atom. The minimum absolute atomic E-state index is 0.0380. The summed E-state index contributed by atoms with van der Waals surface area (Å²) >= 11 is 0. The molecule has 3 rings (SSSR count). The molecule has 2 aromatic rings. The number of hydrogen-bond acceptors (Lipinski definition) is 4. The van der Waals surface area contributed by atoms with Gasteiger partial charge in [0, 0.05) is 51.9 Å². The predicted molar refractivity (Wildman–Crippen MR) is 109 cm³/mol. The molecule has 1 aliphatic heterocycles. The van der Waals surface area contributed by atoms with Crippen LogP contribution in [0.25, 0.3) is 0 Å². The van der Waals surface area contributed by atoms with Crippen molar-refractivity contribution in [2.45, 2.75) is 26.5 Å². The Morgan fingerprint density at radius 3 is 2.37 bits per heavy atom. The Labute approximate surface area is 161 Å². The highest BCUT2D eigenvalue weighted by molar-refractivity contribution is 5.72. The first-order valence-electron chi connectivity index (χ1n) is 9.57. The zero-order chi connectivity index (χ0) is 19.2. The molecule has 2 aromatic carbocycles. The summed E-state index contributed by atoms with van der Waals surface area (Å²) < 4.78 is 0. The first kappa shape index (κ1) is 19.4. The first-order valence-corrected chi connectivity index (χ1v) is 9.57. The first-order chi connectivity index (χ1) is 13.0. The molecule has 1 saturated heterocycles. The van der Waals surface area contributed by atoms with E-state index in [9.17, 15) is 9.90 Å². The van der Waals surface area contributed by atoms with Gasteiger partial charge in [-0.3, -0.25) is 9.69 Å². The molecule has 1 aliphatic rings. The number of amides is 1. The third-order valence-electron chi connectivity index (χ3n) is 5.17. The van der Waals surface area contributed by atoms with Crippen LogP contribution in [0.1, 0.15) is 29.7 Å². The number of aliphatic hydroxyl groups is 1. The van der Waals surface area contributed by atoms with Crippen LogP contribution in [-0.2, 0) is 11.3 Å². The van der Waals surface area contributed by atoms with Crippen molar-refractivity contribution in [1.82, 2.24) is 10.2 Å². The zero-order valence-electron chi connectivity index (χ0n) is 16.2. The van der Waals surface area contributed by atoms with Crippen LogP contribution in [0.4, 0.5) is 5.69 Å². The fourth-order valence-corrected chi connectivity index (χ4v) is 3.52. The maximum atomic E-state index is 11.0. The monoisotopic (exact) mass is 367 g/mol. The number of benzene rings is 2. The molecular formula is C22H29N3O2. The largest absolute Gasteiger partial charge is 0.387 e. The SMILES string of the molecule is CC(=O)NCc1ccc(C(O)CN2CCN(c3ccccc3C)CC2)cc1. The average molecular weight is 367 g/mol. The number of anilines is 1. The van der Waals surface area contributed by atoms with Gasteiger partial charge in [-0.05, 0) is 29.7 Å². The second-order valence-electron chi connectivity index (χ2n) is 7.24. The molecule has 0 aromatic heterocycles. The maximum absolute atomic E-state index is 11.0. The topological polar surface area (TPSA) is 55.8 Å². The van der Waals surface area contributed by atoms with Gasteiger partial charge in [0.15, 0.2) is 0 Å². The van der Waals surface area contributed by atoms with E-state index in [0.717, 1.165) is 37.3 Å². The molecular weight excluding hydrogens is 338 g/mol. The highest BCUT2D eigenvalue weighted by Crippen LogP contribution is 2.22. The van der Waals surface area contributed by atoms with Crippen LogP contribution >= 0.6 is 0 Å². The van der Waals surface area contributed by atoms with E-state index in [2.05, 4.69) is 46.3 Å². The van der Waals surface area contributed by atoms with E-state index in [1.165, 1.54) is 18.2 Å². The predicted octanol–water partition coefficient (Wildman–Crippen LogP) is 2.49. The van der Waals surface area contributed by atoms with Crippen LogP contribution in [-0.4, -0.2) is 48.6 Å². The van der Waals surface area contributed by atoms with Gasteiger partial charge < -0.3 is 15.3 Å². The van der Waals surface area contributed by atoms with Gasteiger partial charge in [-0.25, -0.2) is 0 Å². The number of nitrogens with one attached hydrogen (secondary N) is 1. The smallest absolute Gasteiger partial charge is 0.217 e. The number of carbonyl (C=O) groups excluding carboxylic acids is 1. The molecule has 27 heavy (non-hydrogen) atoms. The van der Waals surface area contributed by atoms with E-state index in [0.29, 0.717) is 13.1 Å². The molecule has 1 amide bonds. The van der Waals surface area contributed by atoms with E-state index in [-0.39, 0.29) is 5.91 Å². The molecule has 144 valence electrons. The van der Waals surface area contributed by atoms with Crippen LogP contribution < -0.4 is 10.2 Å². The lowest BCUT2D eigenvalue weighted by Crippen LogP contribution is -2.47. The number of carbonyl (C=O) groups is 1. The lowest BCUT2D eigenvalue weighted by molar-refractivity contribution is -0.119. The molecule has 5 heteroatoms. The molecule has 1 heterocycles. The van der Waals surface area contributed by atoms with Crippen LogP contribution in [0, 0.1) is 6.92 Å². The summed E-state index contributed by atoms with van der Waals surface area (Å²) in [6, 6.07) is 16.3. The number of nitrogens with zero attached hydrogens (tertiary/aromatic N) is 2. The number of hydrogen-bond donors (Lipinski definition) is 2. The van der Waals surface area contributed by atoms with Crippen molar-refractivity contribution in [3.63, 3.8) is 0 Å². The minimum Gasteiger partial charge on any atom is -0.387 e. The summed E-state index contributed by atoms with van der Waals surface area (Å²) in [6.07, 6.45) is -0.496. The highest BCUT2D eigenvalue weighted by atomic mass is 16.3. The Kier molecular flexibility index (Phi) is 6.48. The van der Waals surface area contributed by atoms with E-state index in [1.807, 2.05) is 24.3 Å². The normalized spacial score (nSPS) is 16.2. The molecule has 2 N–H and O–H groups in total. The van der Waals surface area contributed by atoms with Crippen LogP contribution in [0.2, 0.25) is 0 Å². The molecule has 0 aliphatic carbocycles. The van der Waals surface area contributed by atoms with Gasteiger partial charge in [0.2, 0.25) is 5.91 Å². The van der Waals surface area contributed by atoms with Crippen molar-refractivity contribution in [2.24, 2.45) is 0 Å². The van der Waals surface area contributed by atoms with Crippen molar-refractivity contribution in [3.05, 3.63) is 65.2 Å². The van der Waals surface area contributed by atoms with Crippen molar-refractivity contribution in [2.75, 3.05) is 37.6 Å². The van der Waals surface area contributed by atoms with E-state index < -0.39 is 6.10 Å². The van der Waals surface area contributed by atoms with Gasteiger partial charge >= 0.3 is 0 Å². The Hall–Kier alpha value is -2.37. The second kappa shape index (κ2) is 9.02. The number of aryl methyl sites for hydroxylation is 1. The quantitative estimate of drug-likeness (QED) is 0.824. The maximum Gasteiger partial charge on any atom is 0.217 e. The van der Waals surface area contributed by atoms with Gasteiger partial charge in [-0.1, -0.05) is 42.5 Å². The number of aliphatic hydroxyl groups excluding tert-OH is 1. The van der Waals surface area contributed by atoms with Crippen molar-refractivity contribution in [1.29, 1.82) is 0 Å². The fourth-order valence-electron chi connectivity index (χ4n) is 3.52. The summed E-state index contributed by atoms with van der Waals surface area (Å²) in [5, 5.41) is 13.4. The Morgan fingerprint density at radius 1 is 1.07 bits per heavy atom. The van der Waals surface area contributed by atoms with Crippen LogP contribution in [0.15, 0.2) is 48.5 Å². The molecule has 0 radical (unpaired) electrons. The highest BCUT2D eigenvalue weighted by Gasteiger charge is 2.20. The summed E-state index contributed by atoms with van der Waals surface area (Å²) in [6.45, 7) is 8.69. The lowest BCUT2D eigenvalue weighted by atomic mass is 10.1. The van der Waals surface area contributed by atoms with E-state index in [4.69, 9.17) is 0 Å². The molecule has 1 fully saturated rings. The second-order valence-corrected chi connectivity index (χ2v) is 7.24. The molecule has 0 saturated carbocycles. The molecule has 1 unspecified atom stereocenters. The third kappa shape index (κ3) is 5.31. The number of para-hydroxylation sites is 1. The number of piperazine rings is 1. The average Bonchev–Trinajstić information content (AvgIpc) is 2.68. The van der Waals surface area contributed by atoms with Gasteiger partial charge in [-0.15, -0.1) is 0 Å². The third-order valence-corrected chi connectivity index (χ3v) is 5.17. The van der Waals surface area contributed by atoms with Crippen LogP contribution in [0.5, 0.6) is 0 Å². The van der Waals surface area contributed by atoms with Gasteiger partial charge in [0.05, 0.1) is 6.10 Å². The summed E-state index contributed by atoms with van der Waals surface area (Å²) in [4.78, 5) is 15.7. The lowest BCUT2D eigenvalue weighted by Gasteiger charge is -2.37. The van der Waals surface area contributed by atoms with Crippen molar-refractivity contribution < 1.29 is 9.90 Å². The fraction of sp³-hybridized carbons (Fsp3) is 0.409. The zero-order valence-corrected chi connectivity index (χ0v) is 16.2. The van der Waals surface area contributed by atoms with Gasteiger partial charge in [0.25, 0.3) is 0 Å². The molecule has 1 atom stereocenters. The summed E-state index contributed by atoms with van der Waals surface area (Å²) in [7, 11) is 0. The van der Waals surface area contributed by atoms with Gasteiger partial charge in [-0.2, -0.15) is 0 Å². The summed E-state index contributed by atoms with van der Waals surface area (Å²) in [5.74, 6) is -0.0380.